The standard InChI is InChI=1S/C17H20O6/c1-17(2)21-10-14(23-17)15(18)12-8-13(16(19)22-12)20-9-11-6-4-3-5-7-11/h3-8,12,14-15,18H,9-10H2,1-2H3/t12-,14-,15+/m1/s1. The zero-order valence-electron chi connectivity index (χ0n) is 13.1. The summed E-state index contributed by atoms with van der Waals surface area (Å²) < 4.78 is 21.7. The summed E-state index contributed by atoms with van der Waals surface area (Å²) in [6.07, 6.45) is -0.855. The van der Waals surface area contributed by atoms with E-state index in [9.17, 15) is 9.90 Å². The summed E-state index contributed by atoms with van der Waals surface area (Å²) in [5.74, 6) is -1.22. The van der Waals surface area contributed by atoms with Crippen LogP contribution < -0.4 is 0 Å². The van der Waals surface area contributed by atoms with E-state index >= 15 is 0 Å². The van der Waals surface area contributed by atoms with Crippen molar-refractivity contribution in [1.29, 1.82) is 0 Å². The van der Waals surface area contributed by atoms with Gasteiger partial charge in [-0.1, -0.05) is 30.3 Å². The molecule has 0 unspecified atom stereocenters. The maximum absolute atomic E-state index is 11.9. The fourth-order valence-electron chi connectivity index (χ4n) is 2.54. The summed E-state index contributed by atoms with van der Waals surface area (Å²) in [6, 6.07) is 9.50. The van der Waals surface area contributed by atoms with Crippen LogP contribution in [-0.4, -0.2) is 41.8 Å². The molecule has 0 amide bonds. The first kappa shape index (κ1) is 16.0. The Bertz CT molecular complexity index is 594. The minimum atomic E-state index is -1.00. The summed E-state index contributed by atoms with van der Waals surface area (Å²) >= 11 is 0. The van der Waals surface area contributed by atoms with Crippen LogP contribution in [0.4, 0.5) is 0 Å². The molecule has 1 aromatic carbocycles. The van der Waals surface area contributed by atoms with Gasteiger partial charge in [0.1, 0.15) is 18.8 Å². The zero-order valence-corrected chi connectivity index (χ0v) is 13.1. The molecule has 0 aliphatic carbocycles. The number of aliphatic hydroxyl groups is 1. The predicted octanol–water partition coefficient (Wildman–Crippen LogP) is 1.52. The molecule has 6 heteroatoms. The summed E-state index contributed by atoms with van der Waals surface area (Å²) in [4.78, 5) is 11.9. The Morgan fingerprint density at radius 2 is 2.09 bits per heavy atom. The lowest BCUT2D eigenvalue weighted by Crippen LogP contribution is -2.39. The molecule has 3 atom stereocenters. The zero-order chi connectivity index (χ0) is 16.4. The number of rotatable bonds is 5. The summed E-state index contributed by atoms with van der Waals surface area (Å²) in [5, 5.41) is 10.3. The molecule has 3 rings (SSSR count). The highest BCUT2D eigenvalue weighted by atomic mass is 16.7. The van der Waals surface area contributed by atoms with Crippen molar-refractivity contribution in [2.24, 2.45) is 0 Å². The van der Waals surface area contributed by atoms with E-state index < -0.39 is 30.1 Å². The molecule has 0 spiro atoms. The first-order valence-electron chi connectivity index (χ1n) is 7.54. The maximum Gasteiger partial charge on any atom is 0.374 e. The third-order valence-electron chi connectivity index (χ3n) is 3.75. The van der Waals surface area contributed by atoms with Crippen LogP contribution in [0.2, 0.25) is 0 Å². The van der Waals surface area contributed by atoms with Gasteiger partial charge in [-0.05, 0) is 19.4 Å². The lowest BCUT2D eigenvalue weighted by Gasteiger charge is -2.22. The van der Waals surface area contributed by atoms with E-state index in [4.69, 9.17) is 18.9 Å². The number of esters is 1. The van der Waals surface area contributed by atoms with Gasteiger partial charge in [0, 0.05) is 6.08 Å². The third-order valence-corrected chi connectivity index (χ3v) is 3.75. The molecule has 1 N–H and O–H groups in total. The van der Waals surface area contributed by atoms with Crippen molar-refractivity contribution in [2.75, 3.05) is 6.61 Å². The van der Waals surface area contributed by atoms with Crippen LogP contribution in [0.25, 0.3) is 0 Å². The lowest BCUT2D eigenvalue weighted by atomic mass is 10.1. The minimum absolute atomic E-state index is 0.107. The van der Waals surface area contributed by atoms with Gasteiger partial charge >= 0.3 is 5.97 Å². The van der Waals surface area contributed by atoms with E-state index in [1.54, 1.807) is 13.8 Å². The van der Waals surface area contributed by atoms with Crippen molar-refractivity contribution in [3.63, 3.8) is 0 Å². The molecule has 124 valence electrons. The van der Waals surface area contributed by atoms with Crippen LogP contribution in [0.5, 0.6) is 0 Å². The first-order valence-corrected chi connectivity index (χ1v) is 7.54. The quantitative estimate of drug-likeness (QED) is 0.829. The van der Waals surface area contributed by atoms with Gasteiger partial charge in [0.25, 0.3) is 0 Å². The number of ether oxygens (including phenoxy) is 4. The second-order valence-corrected chi connectivity index (χ2v) is 6.03. The van der Waals surface area contributed by atoms with Crippen LogP contribution >= 0.6 is 0 Å². The van der Waals surface area contributed by atoms with Gasteiger partial charge in [0.05, 0.1) is 6.61 Å². The van der Waals surface area contributed by atoms with Gasteiger partial charge in [-0.2, -0.15) is 0 Å². The van der Waals surface area contributed by atoms with Crippen LogP contribution in [0.3, 0.4) is 0 Å². The molecule has 1 aromatic rings. The molecule has 2 heterocycles. The molecule has 0 saturated carbocycles. The molecule has 1 fully saturated rings. The average Bonchev–Trinajstić information content (AvgIpc) is 3.08. The lowest BCUT2D eigenvalue weighted by molar-refractivity contribution is -0.165. The van der Waals surface area contributed by atoms with Crippen molar-refractivity contribution < 1.29 is 28.8 Å². The van der Waals surface area contributed by atoms with Crippen molar-refractivity contribution >= 4 is 5.97 Å². The topological polar surface area (TPSA) is 74.2 Å². The molecule has 0 aromatic heterocycles. The van der Waals surface area contributed by atoms with E-state index in [2.05, 4.69) is 0 Å². The third kappa shape index (κ3) is 3.72. The Balaban J connectivity index is 1.60. The second kappa shape index (κ2) is 6.31. The molecule has 1 saturated heterocycles. The molecular formula is C17H20O6. The maximum atomic E-state index is 11.9. The van der Waals surface area contributed by atoms with E-state index in [1.807, 2.05) is 30.3 Å². The number of carbonyl (C=O) groups is 1. The van der Waals surface area contributed by atoms with Crippen molar-refractivity contribution in [3.05, 3.63) is 47.7 Å². The highest BCUT2D eigenvalue weighted by molar-refractivity contribution is 5.88. The summed E-state index contributed by atoms with van der Waals surface area (Å²) in [6.45, 7) is 4.05. The molecule has 0 radical (unpaired) electrons. The van der Waals surface area contributed by atoms with Crippen LogP contribution in [0.15, 0.2) is 42.2 Å². The van der Waals surface area contributed by atoms with Gasteiger partial charge in [-0.3, -0.25) is 0 Å². The summed E-state index contributed by atoms with van der Waals surface area (Å²) in [5.41, 5.74) is 0.944. The summed E-state index contributed by atoms with van der Waals surface area (Å²) in [7, 11) is 0. The Kier molecular flexibility index (Phi) is 4.39. The number of hydrogen-bond acceptors (Lipinski definition) is 6. The molecule has 2 aliphatic heterocycles. The predicted molar refractivity (Wildman–Crippen MR) is 80.1 cm³/mol. The van der Waals surface area contributed by atoms with Crippen LogP contribution in [0, 0.1) is 0 Å². The Hall–Kier alpha value is -1.89. The molecular weight excluding hydrogens is 300 g/mol. The number of cyclic esters (lactones) is 1. The molecule has 6 nitrogen and oxygen atoms in total. The van der Waals surface area contributed by atoms with E-state index in [1.165, 1.54) is 6.08 Å². The van der Waals surface area contributed by atoms with Gasteiger partial charge in [-0.15, -0.1) is 0 Å². The minimum Gasteiger partial charge on any atom is -0.482 e. The number of hydrogen-bond donors (Lipinski definition) is 1. The fourth-order valence-corrected chi connectivity index (χ4v) is 2.54. The SMILES string of the molecule is CC1(C)OC[C@H]([C@@H](O)[C@H]2C=C(OCc3ccccc3)C(=O)O2)O1. The molecule has 0 bridgehead atoms. The smallest absolute Gasteiger partial charge is 0.374 e. The fraction of sp³-hybridized carbons (Fsp3) is 0.471. The van der Waals surface area contributed by atoms with Gasteiger partial charge in [-0.25, -0.2) is 4.79 Å². The van der Waals surface area contributed by atoms with E-state index in [0.29, 0.717) is 0 Å². The van der Waals surface area contributed by atoms with Gasteiger partial charge in [0.15, 0.2) is 11.9 Å². The molecule has 23 heavy (non-hydrogen) atoms. The first-order chi connectivity index (χ1) is 10.9. The molecule has 2 aliphatic rings. The normalized spacial score (nSPS) is 27.4. The van der Waals surface area contributed by atoms with Crippen LogP contribution in [-0.2, 0) is 30.3 Å². The van der Waals surface area contributed by atoms with Gasteiger partial charge < -0.3 is 24.1 Å². The average molecular weight is 320 g/mol. The van der Waals surface area contributed by atoms with Crippen molar-refractivity contribution in [3.8, 4) is 0 Å². The highest BCUT2D eigenvalue weighted by Gasteiger charge is 2.43. The number of aliphatic hydroxyl groups excluding tert-OH is 1. The Labute approximate surface area is 134 Å². The van der Waals surface area contributed by atoms with Gasteiger partial charge in [0.2, 0.25) is 5.76 Å². The van der Waals surface area contributed by atoms with E-state index in [-0.39, 0.29) is 19.0 Å². The number of benzene rings is 1. The largest absolute Gasteiger partial charge is 0.482 e. The van der Waals surface area contributed by atoms with Crippen LogP contribution in [0.1, 0.15) is 19.4 Å². The highest BCUT2D eigenvalue weighted by Crippen LogP contribution is 2.28. The van der Waals surface area contributed by atoms with Crippen molar-refractivity contribution in [2.45, 2.75) is 44.6 Å². The van der Waals surface area contributed by atoms with E-state index in [0.717, 1.165) is 5.56 Å². The second-order valence-electron chi connectivity index (χ2n) is 6.03. The van der Waals surface area contributed by atoms with Crippen molar-refractivity contribution in [1.82, 2.24) is 0 Å². The number of carbonyl (C=O) groups excluding carboxylic acids is 1. The monoisotopic (exact) mass is 320 g/mol. The Morgan fingerprint density at radius 3 is 2.74 bits per heavy atom. The Morgan fingerprint density at radius 1 is 1.35 bits per heavy atom.